The highest BCUT2D eigenvalue weighted by atomic mass is 19.4. The number of alkyl halides is 5. The van der Waals surface area contributed by atoms with Gasteiger partial charge in [-0.25, -0.2) is 13.2 Å². The van der Waals surface area contributed by atoms with Crippen LogP contribution in [0.15, 0.2) is 18.2 Å². The third-order valence-corrected chi connectivity index (χ3v) is 7.30. The van der Waals surface area contributed by atoms with Crippen LogP contribution in [-0.4, -0.2) is 12.3 Å². The molecule has 1 aromatic carbocycles. The van der Waals surface area contributed by atoms with Crippen molar-refractivity contribution in [1.29, 1.82) is 0 Å². The number of benzene rings is 1. The smallest absolute Gasteiger partial charge is 0.412 e. The molecule has 34 heavy (non-hydrogen) atoms. The molecule has 9 heteroatoms. The highest BCUT2D eigenvalue weighted by molar-refractivity contribution is 5.61. The van der Waals surface area contributed by atoms with Crippen LogP contribution in [0.2, 0.25) is 0 Å². The van der Waals surface area contributed by atoms with Crippen molar-refractivity contribution < 1.29 is 39.9 Å². The topological polar surface area (TPSA) is 9.23 Å². The molecule has 2 aliphatic rings. The summed E-state index contributed by atoms with van der Waals surface area (Å²) in [5.74, 6) is -6.07. The van der Waals surface area contributed by atoms with E-state index in [-0.39, 0.29) is 25.0 Å². The summed E-state index contributed by atoms with van der Waals surface area (Å²) < 4.78 is 113. The molecular formula is C25H30F8O. The van der Waals surface area contributed by atoms with E-state index < -0.39 is 53.1 Å². The van der Waals surface area contributed by atoms with Gasteiger partial charge in [0.15, 0.2) is 0 Å². The summed E-state index contributed by atoms with van der Waals surface area (Å²) in [4.78, 5) is 0. The van der Waals surface area contributed by atoms with Gasteiger partial charge in [0, 0.05) is 12.1 Å². The molecule has 0 saturated heterocycles. The molecular weight excluding hydrogens is 468 g/mol. The van der Waals surface area contributed by atoms with E-state index in [9.17, 15) is 35.1 Å². The van der Waals surface area contributed by atoms with E-state index in [0.717, 1.165) is 18.8 Å². The minimum Gasteiger partial charge on any atom is -0.432 e. The van der Waals surface area contributed by atoms with Crippen molar-refractivity contribution in [2.24, 2.45) is 23.7 Å². The summed E-state index contributed by atoms with van der Waals surface area (Å²) in [7, 11) is 0. The number of hydrogen-bond donors (Lipinski definition) is 0. The Morgan fingerprint density at radius 1 is 0.882 bits per heavy atom. The van der Waals surface area contributed by atoms with Crippen LogP contribution in [0.25, 0.3) is 5.83 Å². The fourth-order valence-corrected chi connectivity index (χ4v) is 5.58. The molecule has 0 heterocycles. The monoisotopic (exact) mass is 498 g/mol. The Morgan fingerprint density at radius 3 is 1.85 bits per heavy atom. The first kappa shape index (κ1) is 26.8. The second kappa shape index (κ2) is 10.9. The molecule has 2 fully saturated rings. The maximum Gasteiger partial charge on any atom is 0.412 e. The van der Waals surface area contributed by atoms with Gasteiger partial charge in [-0.2, -0.15) is 22.0 Å². The molecule has 0 N–H and O–H groups in total. The van der Waals surface area contributed by atoms with Gasteiger partial charge in [-0.1, -0.05) is 32.6 Å². The Bertz CT molecular complexity index is 824. The molecule has 1 nitrogen and oxygen atoms in total. The highest BCUT2D eigenvalue weighted by Gasteiger charge is 2.45. The quantitative estimate of drug-likeness (QED) is 0.341. The zero-order chi connectivity index (χ0) is 25.1. The van der Waals surface area contributed by atoms with Crippen LogP contribution in [0.3, 0.4) is 0 Å². The van der Waals surface area contributed by atoms with E-state index >= 15 is 0 Å². The summed E-state index contributed by atoms with van der Waals surface area (Å²) in [6.45, 7) is 2.18. The van der Waals surface area contributed by atoms with Crippen molar-refractivity contribution >= 4 is 5.83 Å². The maximum absolute atomic E-state index is 14.7. The van der Waals surface area contributed by atoms with Gasteiger partial charge in [0.1, 0.15) is 23.2 Å². The number of halogens is 8. The third kappa shape index (κ3) is 6.87. The van der Waals surface area contributed by atoms with Crippen LogP contribution in [0, 0.1) is 35.3 Å². The van der Waals surface area contributed by atoms with Gasteiger partial charge in [-0.05, 0) is 56.3 Å². The first-order chi connectivity index (χ1) is 15.9. The van der Waals surface area contributed by atoms with Crippen molar-refractivity contribution in [2.75, 3.05) is 0 Å². The molecule has 0 spiro atoms. The summed E-state index contributed by atoms with van der Waals surface area (Å²) in [6.07, 6.45) is -1.08. The molecule has 2 saturated carbocycles. The zero-order valence-electron chi connectivity index (χ0n) is 19.0. The van der Waals surface area contributed by atoms with E-state index in [4.69, 9.17) is 0 Å². The predicted molar refractivity (Wildman–Crippen MR) is 113 cm³/mol. The average Bonchev–Trinajstić information content (AvgIpc) is 2.72. The summed E-state index contributed by atoms with van der Waals surface area (Å²) >= 11 is 0. The van der Waals surface area contributed by atoms with E-state index in [1.165, 1.54) is 25.7 Å². The summed E-state index contributed by atoms with van der Waals surface area (Å²) in [5.41, 5.74) is -1.58. The Labute approximate surface area is 194 Å². The minimum atomic E-state index is -5.14. The van der Waals surface area contributed by atoms with Crippen molar-refractivity contribution in [3.8, 4) is 5.75 Å². The molecule has 0 aromatic heterocycles. The van der Waals surface area contributed by atoms with E-state index in [1.54, 1.807) is 0 Å². The predicted octanol–water partition coefficient (Wildman–Crippen LogP) is 9.22. The van der Waals surface area contributed by atoms with Gasteiger partial charge in [-0.15, -0.1) is 0 Å². The second-order valence-electron chi connectivity index (χ2n) is 9.64. The molecule has 192 valence electrons. The van der Waals surface area contributed by atoms with E-state index in [0.29, 0.717) is 24.7 Å². The van der Waals surface area contributed by atoms with Gasteiger partial charge in [-0.3, -0.25) is 0 Å². The summed E-state index contributed by atoms with van der Waals surface area (Å²) in [5, 5.41) is 0. The largest absolute Gasteiger partial charge is 0.432 e. The lowest BCUT2D eigenvalue weighted by molar-refractivity contribution is -0.224. The average molecular weight is 498 g/mol. The Kier molecular flexibility index (Phi) is 8.56. The fraction of sp³-hybridized carbons (Fsp3) is 0.680. The molecule has 0 aliphatic heterocycles. The van der Waals surface area contributed by atoms with Crippen LogP contribution >= 0.6 is 0 Å². The lowest BCUT2D eigenvalue weighted by Crippen LogP contribution is -2.38. The van der Waals surface area contributed by atoms with Gasteiger partial charge in [0.2, 0.25) is 0 Å². The Balaban J connectivity index is 1.60. The van der Waals surface area contributed by atoms with Crippen LogP contribution in [-0.2, 0) is 0 Å². The van der Waals surface area contributed by atoms with Crippen LogP contribution in [0.4, 0.5) is 35.1 Å². The normalized spacial score (nSPS) is 27.0. The third-order valence-electron chi connectivity index (χ3n) is 7.30. The Morgan fingerprint density at radius 2 is 1.38 bits per heavy atom. The van der Waals surface area contributed by atoms with Crippen LogP contribution < -0.4 is 4.74 Å². The summed E-state index contributed by atoms with van der Waals surface area (Å²) in [6, 6.07) is 0.549. The zero-order valence-corrected chi connectivity index (χ0v) is 19.0. The fourth-order valence-electron chi connectivity index (χ4n) is 5.58. The SMILES string of the molecule is CCCC1CCC(C2CCC(C(F)(F)Oc3cc(F)c(/C(F)=C/C(F)(F)F)c(F)c3)CC2)CC1. The van der Waals surface area contributed by atoms with E-state index in [1.807, 2.05) is 0 Å². The number of rotatable bonds is 7. The standard InChI is InChI=1S/C25H30F8O/c1-2-3-15-4-6-16(7-5-15)17-8-10-18(11-9-17)25(32,33)34-19-12-20(26)23(21(27)13-19)22(28)14-24(29,30)31/h12-18H,2-11H2,1H3/b22-14-. The van der Waals surface area contributed by atoms with Crippen LogP contribution in [0.5, 0.6) is 5.75 Å². The Hall–Kier alpha value is -1.80. The molecule has 3 rings (SSSR count). The molecule has 0 radical (unpaired) electrons. The van der Waals surface area contributed by atoms with E-state index in [2.05, 4.69) is 11.7 Å². The van der Waals surface area contributed by atoms with Crippen molar-refractivity contribution in [1.82, 2.24) is 0 Å². The van der Waals surface area contributed by atoms with Gasteiger partial charge in [0.05, 0.1) is 17.6 Å². The molecule has 1 aromatic rings. The van der Waals surface area contributed by atoms with Gasteiger partial charge in [0.25, 0.3) is 0 Å². The second-order valence-corrected chi connectivity index (χ2v) is 9.64. The first-order valence-electron chi connectivity index (χ1n) is 11.9. The van der Waals surface area contributed by atoms with Gasteiger partial charge >= 0.3 is 12.3 Å². The number of hydrogen-bond acceptors (Lipinski definition) is 1. The number of ether oxygens (including phenoxy) is 1. The maximum atomic E-state index is 14.7. The lowest BCUT2D eigenvalue weighted by atomic mass is 9.68. The minimum absolute atomic E-state index is 0.207. The van der Waals surface area contributed by atoms with Crippen molar-refractivity contribution in [3.05, 3.63) is 35.4 Å². The molecule has 0 bridgehead atoms. The van der Waals surface area contributed by atoms with Crippen LogP contribution in [0.1, 0.15) is 76.7 Å². The number of allylic oxidation sites excluding steroid dienone is 1. The van der Waals surface area contributed by atoms with Crippen molar-refractivity contribution in [3.63, 3.8) is 0 Å². The lowest BCUT2D eigenvalue weighted by Gasteiger charge is -2.39. The molecule has 0 unspecified atom stereocenters. The van der Waals surface area contributed by atoms with Gasteiger partial charge < -0.3 is 4.74 Å². The highest BCUT2D eigenvalue weighted by Crippen LogP contribution is 2.46. The first-order valence-corrected chi connectivity index (χ1v) is 11.9. The molecule has 0 atom stereocenters. The van der Waals surface area contributed by atoms with Crippen molar-refractivity contribution in [2.45, 2.75) is 83.4 Å². The molecule has 0 amide bonds. The molecule has 2 aliphatic carbocycles.